The van der Waals surface area contributed by atoms with E-state index in [2.05, 4.69) is 10.6 Å². The van der Waals surface area contributed by atoms with Gasteiger partial charge in [-0.05, 0) is 44.2 Å². The van der Waals surface area contributed by atoms with E-state index in [0.717, 1.165) is 29.5 Å². The summed E-state index contributed by atoms with van der Waals surface area (Å²) in [6.45, 7) is 3.53. The average Bonchev–Trinajstić information content (AvgIpc) is 2.61. The zero-order chi connectivity index (χ0) is 20.0. The molecule has 0 heterocycles. The van der Waals surface area contributed by atoms with E-state index in [0.29, 0.717) is 5.69 Å². The molecule has 2 rings (SSSR count). The number of hydrogen-bond donors (Lipinski definition) is 2. The van der Waals surface area contributed by atoms with Crippen LogP contribution in [0.2, 0.25) is 0 Å². The number of nitrogens with one attached hydrogen (secondary N) is 2. The highest BCUT2D eigenvalue weighted by Crippen LogP contribution is 2.30. The van der Waals surface area contributed by atoms with Crippen molar-refractivity contribution in [1.29, 1.82) is 0 Å². The molecule has 0 spiro atoms. The van der Waals surface area contributed by atoms with Gasteiger partial charge in [0.25, 0.3) is 0 Å². The van der Waals surface area contributed by atoms with Crippen molar-refractivity contribution >= 4 is 35.0 Å². The fourth-order valence-electron chi connectivity index (χ4n) is 2.13. The van der Waals surface area contributed by atoms with E-state index in [1.165, 1.54) is 12.1 Å². The van der Waals surface area contributed by atoms with Crippen molar-refractivity contribution in [2.24, 2.45) is 0 Å². The van der Waals surface area contributed by atoms with Crippen LogP contribution in [-0.2, 0) is 15.8 Å². The summed E-state index contributed by atoms with van der Waals surface area (Å²) >= 11 is 1.10. The van der Waals surface area contributed by atoms with Crippen LogP contribution in [0.1, 0.15) is 18.1 Å². The van der Waals surface area contributed by atoms with Gasteiger partial charge in [-0.2, -0.15) is 13.2 Å². The molecule has 0 aliphatic rings. The molecule has 1 atom stereocenters. The Labute approximate surface area is 159 Å². The molecule has 2 aromatic carbocycles. The maximum Gasteiger partial charge on any atom is 0.416 e. The minimum Gasteiger partial charge on any atom is -0.325 e. The third-order valence-electron chi connectivity index (χ3n) is 3.63. The highest BCUT2D eigenvalue weighted by molar-refractivity contribution is 8.01. The molecule has 0 radical (unpaired) electrons. The van der Waals surface area contributed by atoms with Crippen LogP contribution in [0.4, 0.5) is 24.5 Å². The molecule has 0 saturated carbocycles. The van der Waals surface area contributed by atoms with Gasteiger partial charge in [0.2, 0.25) is 11.8 Å². The predicted octanol–water partition coefficient (Wildman–Crippen LogP) is 4.71. The summed E-state index contributed by atoms with van der Waals surface area (Å²) in [7, 11) is 0. The molecular formula is C19H19F3N2O2S. The smallest absolute Gasteiger partial charge is 0.325 e. The molecule has 0 saturated heterocycles. The molecule has 0 aliphatic carbocycles. The van der Waals surface area contributed by atoms with Gasteiger partial charge in [0.15, 0.2) is 0 Å². The lowest BCUT2D eigenvalue weighted by atomic mass is 10.2. The Morgan fingerprint density at radius 3 is 2.33 bits per heavy atom. The summed E-state index contributed by atoms with van der Waals surface area (Å²) in [5, 5.41) is 4.56. The molecule has 27 heavy (non-hydrogen) atoms. The Morgan fingerprint density at radius 1 is 1.04 bits per heavy atom. The molecule has 0 aliphatic heterocycles. The second-order valence-corrected chi connectivity index (χ2v) is 7.26. The van der Waals surface area contributed by atoms with Gasteiger partial charge >= 0.3 is 6.18 Å². The van der Waals surface area contributed by atoms with Crippen LogP contribution in [0.5, 0.6) is 0 Å². The van der Waals surface area contributed by atoms with Crippen molar-refractivity contribution in [3.63, 3.8) is 0 Å². The molecule has 0 aromatic heterocycles. The highest BCUT2D eigenvalue weighted by atomic mass is 32.2. The summed E-state index contributed by atoms with van der Waals surface area (Å²) in [5.41, 5.74) is 0.957. The van der Waals surface area contributed by atoms with Gasteiger partial charge in [0.05, 0.1) is 16.6 Å². The molecule has 144 valence electrons. The van der Waals surface area contributed by atoms with E-state index in [9.17, 15) is 22.8 Å². The largest absolute Gasteiger partial charge is 0.416 e. The van der Waals surface area contributed by atoms with E-state index in [4.69, 9.17) is 0 Å². The fourth-order valence-corrected chi connectivity index (χ4v) is 2.81. The van der Waals surface area contributed by atoms with Crippen LogP contribution in [-0.4, -0.2) is 22.8 Å². The van der Waals surface area contributed by atoms with Gasteiger partial charge in [0, 0.05) is 11.4 Å². The number of carbonyl (C=O) groups is 2. The van der Waals surface area contributed by atoms with Crippen LogP contribution >= 0.6 is 11.8 Å². The van der Waals surface area contributed by atoms with Gasteiger partial charge < -0.3 is 10.6 Å². The summed E-state index contributed by atoms with van der Waals surface area (Å²) in [4.78, 5) is 24.1. The topological polar surface area (TPSA) is 58.2 Å². The number of hydrogen-bond acceptors (Lipinski definition) is 3. The quantitative estimate of drug-likeness (QED) is 0.743. The van der Waals surface area contributed by atoms with E-state index < -0.39 is 22.9 Å². The lowest BCUT2D eigenvalue weighted by molar-refractivity contribution is -0.137. The number of benzene rings is 2. The molecule has 2 N–H and O–H groups in total. The predicted molar refractivity (Wildman–Crippen MR) is 102 cm³/mol. The number of thioether (sulfide) groups is 1. The Morgan fingerprint density at radius 2 is 1.70 bits per heavy atom. The molecule has 0 fully saturated rings. The van der Waals surface area contributed by atoms with Crippen LogP contribution in [0.25, 0.3) is 0 Å². The zero-order valence-electron chi connectivity index (χ0n) is 14.8. The van der Waals surface area contributed by atoms with Crippen molar-refractivity contribution in [2.45, 2.75) is 25.3 Å². The Bertz CT molecular complexity index is 807. The molecule has 8 heteroatoms. The summed E-state index contributed by atoms with van der Waals surface area (Å²) in [6, 6.07) is 11.7. The van der Waals surface area contributed by atoms with Gasteiger partial charge in [-0.1, -0.05) is 23.8 Å². The van der Waals surface area contributed by atoms with Crippen LogP contribution in [0.3, 0.4) is 0 Å². The number of amides is 2. The standard InChI is InChI=1S/C19H19F3N2O2S/c1-12-6-8-15(9-7-12)23-17(25)11-27-13(2)18(26)24-16-5-3-4-14(10-16)19(20,21)22/h3-10,13H,11H2,1-2H3,(H,23,25)(H,24,26)/t13-/m1/s1. The highest BCUT2D eigenvalue weighted by Gasteiger charge is 2.30. The number of carbonyl (C=O) groups excluding carboxylic acids is 2. The second kappa shape index (κ2) is 8.94. The van der Waals surface area contributed by atoms with Crippen molar-refractivity contribution < 1.29 is 22.8 Å². The van der Waals surface area contributed by atoms with Gasteiger partial charge in [0.1, 0.15) is 0 Å². The lowest BCUT2D eigenvalue weighted by Gasteiger charge is -2.13. The molecule has 2 aromatic rings. The maximum absolute atomic E-state index is 12.7. The molecule has 0 bridgehead atoms. The maximum atomic E-state index is 12.7. The third-order valence-corrected chi connectivity index (χ3v) is 4.77. The van der Waals surface area contributed by atoms with Crippen molar-refractivity contribution in [3.05, 3.63) is 59.7 Å². The Kier molecular flexibility index (Phi) is 6.90. The summed E-state index contributed by atoms with van der Waals surface area (Å²) in [5.74, 6) is -0.685. The number of aryl methyl sites for hydroxylation is 1. The first-order valence-corrected chi connectivity index (χ1v) is 9.16. The first kappa shape index (κ1) is 20.8. The number of anilines is 2. The lowest BCUT2D eigenvalue weighted by Crippen LogP contribution is -2.25. The van der Waals surface area contributed by atoms with Crippen LogP contribution in [0, 0.1) is 6.92 Å². The van der Waals surface area contributed by atoms with Gasteiger partial charge in [-0.25, -0.2) is 0 Å². The minimum atomic E-state index is -4.48. The molecule has 4 nitrogen and oxygen atoms in total. The van der Waals surface area contributed by atoms with Crippen molar-refractivity contribution in [3.8, 4) is 0 Å². The summed E-state index contributed by atoms with van der Waals surface area (Å²) in [6.07, 6.45) is -4.48. The van der Waals surface area contributed by atoms with Crippen LogP contribution < -0.4 is 10.6 Å². The van der Waals surface area contributed by atoms with Crippen molar-refractivity contribution in [1.82, 2.24) is 0 Å². The number of halogens is 3. The Balaban J connectivity index is 1.85. The van der Waals surface area contributed by atoms with E-state index in [-0.39, 0.29) is 17.3 Å². The van der Waals surface area contributed by atoms with Gasteiger partial charge in [-0.3, -0.25) is 9.59 Å². The number of rotatable bonds is 6. The molecular weight excluding hydrogens is 377 g/mol. The van der Waals surface area contributed by atoms with Gasteiger partial charge in [-0.15, -0.1) is 11.8 Å². The SMILES string of the molecule is Cc1ccc(NC(=O)CS[C@H](C)C(=O)Nc2cccc(C(F)(F)F)c2)cc1. The normalized spacial score (nSPS) is 12.3. The van der Waals surface area contributed by atoms with E-state index in [1.807, 2.05) is 19.1 Å². The second-order valence-electron chi connectivity index (χ2n) is 5.94. The summed E-state index contributed by atoms with van der Waals surface area (Å²) < 4.78 is 38.1. The third kappa shape index (κ3) is 6.63. The monoisotopic (exact) mass is 396 g/mol. The first-order chi connectivity index (χ1) is 12.6. The average molecular weight is 396 g/mol. The number of alkyl halides is 3. The molecule has 0 unspecified atom stereocenters. The Hall–Kier alpha value is -2.48. The van der Waals surface area contributed by atoms with E-state index in [1.54, 1.807) is 19.1 Å². The van der Waals surface area contributed by atoms with Crippen molar-refractivity contribution in [2.75, 3.05) is 16.4 Å². The fraction of sp³-hybridized carbons (Fsp3) is 0.263. The zero-order valence-corrected chi connectivity index (χ0v) is 15.6. The van der Waals surface area contributed by atoms with E-state index >= 15 is 0 Å². The molecule has 2 amide bonds. The first-order valence-electron chi connectivity index (χ1n) is 8.11. The van der Waals surface area contributed by atoms with Crippen LogP contribution in [0.15, 0.2) is 48.5 Å². The minimum absolute atomic E-state index is 0.0467.